The molecule has 0 heterocycles. The molecule has 0 saturated carbocycles. The summed E-state index contributed by atoms with van der Waals surface area (Å²) in [5.74, 6) is -0.579. The number of halogens is 2. The van der Waals surface area contributed by atoms with Crippen molar-refractivity contribution in [3.05, 3.63) is 29.8 Å². The van der Waals surface area contributed by atoms with Gasteiger partial charge in [0.25, 0.3) is 0 Å². The van der Waals surface area contributed by atoms with Gasteiger partial charge in [0.2, 0.25) is 0 Å². The lowest BCUT2D eigenvalue weighted by molar-refractivity contribution is -0.143. The minimum absolute atomic E-state index is 0.0266. The van der Waals surface area contributed by atoms with Crippen LogP contribution in [-0.2, 0) is 9.53 Å². The van der Waals surface area contributed by atoms with Crippen molar-refractivity contribution >= 4 is 5.97 Å². The molecule has 0 radical (unpaired) electrons. The summed E-state index contributed by atoms with van der Waals surface area (Å²) in [6, 6.07) is 5.37. The molecule has 4 nitrogen and oxygen atoms in total. The zero-order chi connectivity index (χ0) is 15.1. The van der Waals surface area contributed by atoms with E-state index >= 15 is 0 Å². The first-order chi connectivity index (χ1) is 9.49. The van der Waals surface area contributed by atoms with Crippen LogP contribution < -0.4 is 10.1 Å². The third kappa shape index (κ3) is 4.45. The number of nitrogens with one attached hydrogen (secondary N) is 1. The SMILES string of the molecule is CCC(C)NC(C(=O)OC)c1ccccc1OC(F)F. The van der Waals surface area contributed by atoms with Crippen LogP contribution >= 0.6 is 0 Å². The molecular formula is C14H19F2NO3. The fourth-order valence-corrected chi connectivity index (χ4v) is 1.73. The Labute approximate surface area is 117 Å². The van der Waals surface area contributed by atoms with Gasteiger partial charge < -0.3 is 9.47 Å². The predicted octanol–water partition coefficient (Wildman–Crippen LogP) is 2.89. The number of para-hydroxylation sites is 1. The van der Waals surface area contributed by atoms with Crippen LogP contribution in [0.3, 0.4) is 0 Å². The lowest BCUT2D eigenvalue weighted by atomic mass is 10.0. The minimum Gasteiger partial charge on any atom is -0.468 e. The molecule has 2 atom stereocenters. The first-order valence-corrected chi connectivity index (χ1v) is 6.37. The van der Waals surface area contributed by atoms with Crippen molar-refractivity contribution < 1.29 is 23.0 Å². The van der Waals surface area contributed by atoms with Crippen molar-refractivity contribution in [3.63, 3.8) is 0 Å². The van der Waals surface area contributed by atoms with E-state index in [1.165, 1.54) is 13.2 Å². The molecule has 0 saturated heterocycles. The molecule has 0 fully saturated rings. The maximum absolute atomic E-state index is 12.4. The molecule has 2 unspecified atom stereocenters. The van der Waals surface area contributed by atoms with Gasteiger partial charge in [-0.1, -0.05) is 25.1 Å². The monoisotopic (exact) mass is 287 g/mol. The van der Waals surface area contributed by atoms with Crippen LogP contribution in [0.4, 0.5) is 8.78 Å². The summed E-state index contributed by atoms with van der Waals surface area (Å²) >= 11 is 0. The summed E-state index contributed by atoms with van der Waals surface area (Å²) in [5, 5.41) is 3.05. The molecule has 1 rings (SSSR count). The van der Waals surface area contributed by atoms with Crippen LogP contribution in [0.1, 0.15) is 31.9 Å². The maximum atomic E-state index is 12.4. The van der Waals surface area contributed by atoms with Gasteiger partial charge >= 0.3 is 12.6 Å². The number of esters is 1. The zero-order valence-electron chi connectivity index (χ0n) is 11.7. The van der Waals surface area contributed by atoms with Gasteiger partial charge in [-0.3, -0.25) is 5.32 Å². The highest BCUT2D eigenvalue weighted by atomic mass is 19.3. The van der Waals surface area contributed by atoms with Gasteiger partial charge in [-0.2, -0.15) is 8.78 Å². The molecule has 6 heteroatoms. The van der Waals surface area contributed by atoms with Crippen molar-refractivity contribution in [1.29, 1.82) is 0 Å². The van der Waals surface area contributed by atoms with Gasteiger partial charge in [-0.15, -0.1) is 0 Å². The summed E-state index contributed by atoms with van der Waals surface area (Å²) in [7, 11) is 1.25. The molecule has 112 valence electrons. The van der Waals surface area contributed by atoms with Crippen LogP contribution in [0.25, 0.3) is 0 Å². The Bertz CT molecular complexity index is 440. The fourth-order valence-electron chi connectivity index (χ4n) is 1.73. The number of alkyl halides is 2. The number of hydrogen-bond acceptors (Lipinski definition) is 4. The Morgan fingerprint density at radius 2 is 2.00 bits per heavy atom. The molecule has 1 aromatic rings. The van der Waals surface area contributed by atoms with Gasteiger partial charge in [0, 0.05) is 11.6 Å². The second-order valence-corrected chi connectivity index (χ2v) is 4.35. The molecule has 0 aliphatic heterocycles. The van der Waals surface area contributed by atoms with E-state index in [0.717, 1.165) is 6.42 Å². The highest BCUT2D eigenvalue weighted by Crippen LogP contribution is 2.27. The van der Waals surface area contributed by atoms with Crippen LogP contribution in [0.15, 0.2) is 24.3 Å². The second kappa shape index (κ2) is 7.79. The van der Waals surface area contributed by atoms with Gasteiger partial charge in [0.1, 0.15) is 11.8 Å². The predicted molar refractivity (Wildman–Crippen MR) is 70.7 cm³/mol. The van der Waals surface area contributed by atoms with Gasteiger partial charge in [0.05, 0.1) is 7.11 Å². The summed E-state index contributed by atoms with van der Waals surface area (Å²) in [5.41, 5.74) is 0.333. The molecule has 0 spiro atoms. The Morgan fingerprint density at radius 1 is 1.35 bits per heavy atom. The summed E-state index contributed by atoms with van der Waals surface area (Å²) in [6.07, 6.45) is 0.783. The number of carbonyl (C=O) groups is 1. The quantitative estimate of drug-likeness (QED) is 0.783. The number of hydrogen-bond donors (Lipinski definition) is 1. The smallest absolute Gasteiger partial charge is 0.387 e. The summed E-state index contributed by atoms with van der Waals surface area (Å²) in [4.78, 5) is 11.9. The lowest BCUT2D eigenvalue weighted by Crippen LogP contribution is -2.36. The Balaban J connectivity index is 3.09. The molecule has 1 aromatic carbocycles. The fraction of sp³-hybridized carbons (Fsp3) is 0.500. The molecule has 0 aromatic heterocycles. The first-order valence-electron chi connectivity index (χ1n) is 6.37. The van der Waals surface area contributed by atoms with Gasteiger partial charge in [-0.05, 0) is 19.4 Å². The Hall–Kier alpha value is -1.69. The third-order valence-electron chi connectivity index (χ3n) is 2.95. The Kier molecular flexibility index (Phi) is 6.38. The molecule has 0 bridgehead atoms. The largest absolute Gasteiger partial charge is 0.468 e. The van der Waals surface area contributed by atoms with E-state index in [2.05, 4.69) is 10.1 Å². The van der Waals surface area contributed by atoms with Crippen molar-refractivity contribution in [2.45, 2.75) is 39.0 Å². The highest BCUT2D eigenvalue weighted by molar-refractivity contribution is 5.78. The normalized spacial score (nSPS) is 13.9. The molecule has 0 aliphatic carbocycles. The Morgan fingerprint density at radius 3 is 2.55 bits per heavy atom. The highest BCUT2D eigenvalue weighted by Gasteiger charge is 2.26. The summed E-state index contributed by atoms with van der Waals surface area (Å²) < 4.78 is 34.0. The first kappa shape index (κ1) is 16.4. The average molecular weight is 287 g/mol. The van der Waals surface area contributed by atoms with Gasteiger partial charge in [0.15, 0.2) is 0 Å². The maximum Gasteiger partial charge on any atom is 0.387 e. The van der Waals surface area contributed by atoms with Crippen molar-refractivity contribution in [3.8, 4) is 5.75 Å². The van der Waals surface area contributed by atoms with Crippen molar-refractivity contribution in [2.75, 3.05) is 7.11 Å². The van der Waals surface area contributed by atoms with Crippen LogP contribution in [0, 0.1) is 0 Å². The zero-order valence-corrected chi connectivity index (χ0v) is 11.7. The van der Waals surface area contributed by atoms with Crippen LogP contribution in [0.2, 0.25) is 0 Å². The van der Waals surface area contributed by atoms with E-state index in [1.807, 2.05) is 13.8 Å². The van der Waals surface area contributed by atoms with Crippen molar-refractivity contribution in [1.82, 2.24) is 5.32 Å². The minimum atomic E-state index is -2.95. The molecule has 0 amide bonds. The molecular weight excluding hydrogens is 268 g/mol. The standard InChI is InChI=1S/C14H19F2NO3/c1-4-9(2)17-12(13(18)19-3)10-7-5-6-8-11(10)20-14(15)16/h5-9,12,14,17H,4H2,1-3H3. The van der Waals surface area contributed by atoms with E-state index in [4.69, 9.17) is 4.74 Å². The number of benzene rings is 1. The average Bonchev–Trinajstić information content (AvgIpc) is 2.44. The van der Waals surface area contributed by atoms with E-state index in [0.29, 0.717) is 5.56 Å². The number of rotatable bonds is 7. The number of methoxy groups -OCH3 is 1. The summed E-state index contributed by atoms with van der Waals surface area (Å²) in [6.45, 7) is 0.901. The third-order valence-corrected chi connectivity index (χ3v) is 2.95. The van der Waals surface area contributed by atoms with E-state index in [9.17, 15) is 13.6 Å². The molecule has 0 aliphatic rings. The van der Waals surface area contributed by atoms with Crippen LogP contribution in [0.5, 0.6) is 5.75 Å². The topological polar surface area (TPSA) is 47.6 Å². The van der Waals surface area contributed by atoms with E-state index in [-0.39, 0.29) is 11.8 Å². The van der Waals surface area contributed by atoms with Gasteiger partial charge in [-0.25, -0.2) is 4.79 Å². The number of carbonyl (C=O) groups excluding carboxylic acids is 1. The number of ether oxygens (including phenoxy) is 2. The van der Waals surface area contributed by atoms with E-state index < -0.39 is 18.6 Å². The van der Waals surface area contributed by atoms with E-state index in [1.54, 1.807) is 18.2 Å². The lowest BCUT2D eigenvalue weighted by Gasteiger charge is -2.22. The molecule has 1 N–H and O–H groups in total. The van der Waals surface area contributed by atoms with Crippen molar-refractivity contribution in [2.24, 2.45) is 0 Å². The van der Waals surface area contributed by atoms with Crippen LogP contribution in [-0.4, -0.2) is 25.7 Å². The second-order valence-electron chi connectivity index (χ2n) is 4.35. The molecule has 20 heavy (non-hydrogen) atoms.